The fourth-order valence-corrected chi connectivity index (χ4v) is 2.58. The minimum absolute atomic E-state index is 0.0157. The lowest BCUT2D eigenvalue weighted by molar-refractivity contribution is 0.0617. The fraction of sp³-hybridized carbons (Fsp3) is 0.615. The van der Waals surface area contributed by atoms with Crippen LogP contribution in [0.4, 0.5) is 5.82 Å². The van der Waals surface area contributed by atoms with Gasteiger partial charge in [-0.05, 0) is 18.3 Å². The first-order chi connectivity index (χ1) is 8.60. The summed E-state index contributed by atoms with van der Waals surface area (Å²) < 4.78 is 0. The van der Waals surface area contributed by atoms with E-state index in [0.29, 0.717) is 23.3 Å². The van der Waals surface area contributed by atoms with Crippen molar-refractivity contribution in [3.63, 3.8) is 0 Å². The molecule has 1 saturated heterocycles. The van der Waals surface area contributed by atoms with Gasteiger partial charge in [0.15, 0.2) is 0 Å². The number of nitrogens with one attached hydrogen (secondary N) is 1. The Kier molecular flexibility index (Phi) is 3.79. The Labute approximate surface area is 108 Å². The van der Waals surface area contributed by atoms with Gasteiger partial charge < -0.3 is 10.2 Å². The van der Waals surface area contributed by atoms with Gasteiger partial charge in [-0.2, -0.15) is 0 Å². The highest BCUT2D eigenvalue weighted by atomic mass is 16.2. The summed E-state index contributed by atoms with van der Waals surface area (Å²) in [6.07, 6.45) is 4.33. The Morgan fingerprint density at radius 1 is 1.33 bits per heavy atom. The number of amides is 1. The van der Waals surface area contributed by atoms with Gasteiger partial charge in [0, 0.05) is 20.1 Å². The van der Waals surface area contributed by atoms with E-state index < -0.39 is 0 Å². The van der Waals surface area contributed by atoms with Crippen molar-refractivity contribution >= 4 is 11.7 Å². The van der Waals surface area contributed by atoms with Gasteiger partial charge in [-0.1, -0.05) is 13.8 Å². The smallest absolute Gasteiger partial charge is 0.274 e. The number of rotatable bonds is 2. The molecule has 0 spiro atoms. The number of piperidine rings is 1. The van der Waals surface area contributed by atoms with Gasteiger partial charge in [-0.25, -0.2) is 4.98 Å². The monoisotopic (exact) mass is 248 g/mol. The molecule has 1 aliphatic rings. The summed E-state index contributed by atoms with van der Waals surface area (Å²) in [5.74, 6) is 1.72. The van der Waals surface area contributed by atoms with Crippen molar-refractivity contribution < 1.29 is 4.79 Å². The number of likely N-dealkylation sites (tertiary alicyclic amines) is 1. The molecule has 5 nitrogen and oxygen atoms in total. The molecule has 0 saturated carbocycles. The van der Waals surface area contributed by atoms with Crippen LogP contribution in [0, 0.1) is 11.8 Å². The summed E-state index contributed by atoms with van der Waals surface area (Å²) >= 11 is 0. The molecule has 1 aromatic rings. The van der Waals surface area contributed by atoms with Crippen molar-refractivity contribution in [2.24, 2.45) is 11.8 Å². The second-order valence-corrected chi connectivity index (χ2v) is 5.20. The van der Waals surface area contributed by atoms with Crippen molar-refractivity contribution in [3.8, 4) is 0 Å². The lowest BCUT2D eigenvalue weighted by atomic mass is 9.92. The standard InChI is InChI=1S/C13H20N4O/c1-9-4-10(2)8-17(7-9)13(18)11-5-15-6-12(14-3)16-11/h5-6,9-10H,4,7-8H2,1-3H3,(H,14,16). The van der Waals surface area contributed by atoms with Crippen LogP contribution < -0.4 is 5.32 Å². The van der Waals surface area contributed by atoms with E-state index in [1.807, 2.05) is 4.90 Å². The molecule has 0 radical (unpaired) electrons. The molecule has 1 amide bonds. The van der Waals surface area contributed by atoms with Crippen LogP contribution in [0.25, 0.3) is 0 Å². The summed E-state index contributed by atoms with van der Waals surface area (Å²) in [7, 11) is 1.77. The minimum Gasteiger partial charge on any atom is -0.372 e. The van der Waals surface area contributed by atoms with E-state index in [4.69, 9.17) is 0 Å². The predicted octanol–water partition coefficient (Wildman–Crippen LogP) is 1.64. The van der Waals surface area contributed by atoms with Crippen LogP contribution in [-0.4, -0.2) is 40.9 Å². The Hall–Kier alpha value is -1.65. The van der Waals surface area contributed by atoms with Crippen LogP contribution in [0.1, 0.15) is 30.8 Å². The molecule has 1 aliphatic heterocycles. The maximum Gasteiger partial charge on any atom is 0.274 e. The number of nitrogens with zero attached hydrogens (tertiary/aromatic N) is 3. The van der Waals surface area contributed by atoms with E-state index in [1.54, 1.807) is 13.2 Å². The van der Waals surface area contributed by atoms with Crippen LogP contribution in [0.3, 0.4) is 0 Å². The molecule has 5 heteroatoms. The third-order valence-corrected chi connectivity index (χ3v) is 3.27. The molecule has 1 N–H and O–H groups in total. The second kappa shape index (κ2) is 5.33. The average molecular weight is 248 g/mol. The number of carbonyl (C=O) groups is 1. The minimum atomic E-state index is -0.0157. The highest BCUT2D eigenvalue weighted by Gasteiger charge is 2.26. The summed E-state index contributed by atoms with van der Waals surface area (Å²) in [5, 5.41) is 2.90. The molecule has 0 aromatic carbocycles. The summed E-state index contributed by atoms with van der Waals surface area (Å²) in [5.41, 5.74) is 0.420. The van der Waals surface area contributed by atoms with Crippen LogP contribution in [-0.2, 0) is 0 Å². The lowest BCUT2D eigenvalue weighted by Crippen LogP contribution is -2.42. The quantitative estimate of drug-likeness (QED) is 0.864. The Balaban J connectivity index is 2.14. The van der Waals surface area contributed by atoms with Crippen LogP contribution in [0.2, 0.25) is 0 Å². The summed E-state index contributed by atoms with van der Waals surface area (Å²) in [6, 6.07) is 0. The molecule has 18 heavy (non-hydrogen) atoms. The van der Waals surface area contributed by atoms with Gasteiger partial charge in [-0.3, -0.25) is 9.78 Å². The molecule has 2 heterocycles. The van der Waals surface area contributed by atoms with Crippen molar-refractivity contribution in [1.82, 2.24) is 14.9 Å². The fourth-order valence-electron chi connectivity index (χ4n) is 2.58. The number of aromatic nitrogens is 2. The van der Waals surface area contributed by atoms with E-state index in [1.165, 1.54) is 12.6 Å². The zero-order chi connectivity index (χ0) is 13.1. The zero-order valence-corrected chi connectivity index (χ0v) is 11.2. The van der Waals surface area contributed by atoms with Gasteiger partial charge in [0.05, 0.1) is 12.4 Å². The number of hydrogen-bond acceptors (Lipinski definition) is 4. The van der Waals surface area contributed by atoms with E-state index >= 15 is 0 Å². The maximum atomic E-state index is 12.4. The number of anilines is 1. The largest absolute Gasteiger partial charge is 0.372 e. The molecule has 2 rings (SSSR count). The van der Waals surface area contributed by atoms with Crippen LogP contribution >= 0.6 is 0 Å². The summed E-state index contributed by atoms with van der Waals surface area (Å²) in [6.45, 7) is 6.00. The van der Waals surface area contributed by atoms with Crippen LogP contribution in [0.15, 0.2) is 12.4 Å². The van der Waals surface area contributed by atoms with Crippen molar-refractivity contribution in [1.29, 1.82) is 0 Å². The maximum absolute atomic E-state index is 12.4. The molecule has 2 unspecified atom stereocenters. The van der Waals surface area contributed by atoms with Crippen molar-refractivity contribution in [3.05, 3.63) is 18.1 Å². The van der Waals surface area contributed by atoms with Crippen molar-refractivity contribution in [2.75, 3.05) is 25.5 Å². The Morgan fingerprint density at radius 2 is 2.00 bits per heavy atom. The number of carbonyl (C=O) groups excluding carboxylic acids is 1. The summed E-state index contributed by atoms with van der Waals surface area (Å²) in [4.78, 5) is 22.5. The normalized spacial score (nSPS) is 23.8. The van der Waals surface area contributed by atoms with Gasteiger partial charge in [0.1, 0.15) is 11.5 Å². The topological polar surface area (TPSA) is 58.1 Å². The van der Waals surface area contributed by atoms with E-state index in [0.717, 1.165) is 13.1 Å². The molecule has 98 valence electrons. The van der Waals surface area contributed by atoms with Gasteiger partial charge >= 0.3 is 0 Å². The SMILES string of the molecule is CNc1cncc(C(=O)N2CC(C)CC(C)C2)n1. The molecule has 2 atom stereocenters. The molecule has 1 aromatic heterocycles. The van der Waals surface area contributed by atoms with E-state index in [2.05, 4.69) is 29.1 Å². The lowest BCUT2D eigenvalue weighted by Gasteiger charge is -2.34. The van der Waals surface area contributed by atoms with Crippen molar-refractivity contribution in [2.45, 2.75) is 20.3 Å². The van der Waals surface area contributed by atoms with E-state index in [9.17, 15) is 4.79 Å². The van der Waals surface area contributed by atoms with Gasteiger partial charge in [-0.15, -0.1) is 0 Å². The first-order valence-corrected chi connectivity index (χ1v) is 6.39. The average Bonchev–Trinajstić information content (AvgIpc) is 2.37. The highest BCUT2D eigenvalue weighted by molar-refractivity contribution is 5.92. The Morgan fingerprint density at radius 3 is 2.61 bits per heavy atom. The Bertz CT molecular complexity index is 425. The predicted molar refractivity (Wildman–Crippen MR) is 70.4 cm³/mol. The second-order valence-electron chi connectivity index (χ2n) is 5.20. The number of hydrogen-bond donors (Lipinski definition) is 1. The van der Waals surface area contributed by atoms with E-state index in [-0.39, 0.29) is 5.91 Å². The van der Waals surface area contributed by atoms with Gasteiger partial charge in [0.2, 0.25) is 0 Å². The molecule has 0 aliphatic carbocycles. The van der Waals surface area contributed by atoms with Crippen LogP contribution in [0.5, 0.6) is 0 Å². The highest BCUT2D eigenvalue weighted by Crippen LogP contribution is 2.22. The molecular weight excluding hydrogens is 228 g/mol. The molecular formula is C13H20N4O. The van der Waals surface area contributed by atoms with Gasteiger partial charge in [0.25, 0.3) is 5.91 Å². The first kappa shape index (κ1) is 12.8. The molecule has 0 bridgehead atoms. The first-order valence-electron chi connectivity index (χ1n) is 6.39. The zero-order valence-electron chi connectivity index (χ0n) is 11.2. The third kappa shape index (κ3) is 2.78. The third-order valence-electron chi connectivity index (χ3n) is 3.27. The molecule has 1 fully saturated rings.